The number of halogens is 3. The molecule has 0 amide bonds. The minimum Gasteiger partial charge on any atom is -0.309 e. The van der Waals surface area contributed by atoms with Crippen molar-refractivity contribution in [1.29, 1.82) is 0 Å². The van der Waals surface area contributed by atoms with Crippen LogP contribution in [0.2, 0.25) is 0 Å². The predicted molar refractivity (Wildman–Crippen MR) is 81.2 cm³/mol. The molecule has 1 nitrogen and oxygen atoms in total. The number of aryl methyl sites for hydroxylation is 1. The van der Waals surface area contributed by atoms with Crippen LogP contribution in [0, 0.1) is 22.1 Å². The maximum atomic E-state index is 14.1. The maximum Gasteiger partial charge on any atom is 0.164 e. The molecule has 1 unspecified atom stereocenters. The Bertz CT molecular complexity index is 599. The Morgan fingerprint density at radius 3 is 2.32 bits per heavy atom. The van der Waals surface area contributed by atoms with Gasteiger partial charge in [0.25, 0.3) is 0 Å². The van der Waals surface area contributed by atoms with Crippen molar-refractivity contribution in [3.05, 3.63) is 68.3 Å². The lowest BCUT2D eigenvalue weighted by atomic mass is 9.97. The van der Waals surface area contributed by atoms with Gasteiger partial charge < -0.3 is 5.32 Å². The second-order valence-electron chi connectivity index (χ2n) is 4.34. The topological polar surface area (TPSA) is 12.0 Å². The van der Waals surface area contributed by atoms with Gasteiger partial charge >= 0.3 is 0 Å². The number of hydrogen-bond donors (Lipinski definition) is 1. The summed E-state index contributed by atoms with van der Waals surface area (Å²) in [5.41, 5.74) is 1.58. The van der Waals surface area contributed by atoms with Crippen LogP contribution in [0.15, 0.2) is 36.4 Å². The van der Waals surface area contributed by atoms with Crippen molar-refractivity contribution in [1.82, 2.24) is 5.32 Å². The predicted octanol–water partition coefficient (Wildman–Crippen LogP) is 4.19. The molecule has 4 heteroatoms. The van der Waals surface area contributed by atoms with Crippen LogP contribution in [0.1, 0.15) is 22.7 Å². The van der Waals surface area contributed by atoms with Crippen molar-refractivity contribution in [2.45, 2.75) is 13.0 Å². The minimum atomic E-state index is -0.779. The second kappa shape index (κ2) is 5.96. The molecule has 0 aliphatic carbocycles. The van der Waals surface area contributed by atoms with Crippen molar-refractivity contribution >= 4 is 22.6 Å². The molecule has 0 heterocycles. The Kier molecular flexibility index (Phi) is 4.52. The van der Waals surface area contributed by atoms with Gasteiger partial charge in [-0.25, -0.2) is 8.78 Å². The van der Waals surface area contributed by atoms with E-state index in [1.54, 1.807) is 26.1 Å². The highest BCUT2D eigenvalue weighted by atomic mass is 127. The molecule has 0 fully saturated rings. The van der Waals surface area contributed by atoms with Crippen LogP contribution < -0.4 is 5.32 Å². The molecular weight excluding hydrogens is 359 g/mol. The molecule has 19 heavy (non-hydrogen) atoms. The first-order chi connectivity index (χ1) is 9.06. The average Bonchev–Trinajstić information content (AvgIpc) is 2.41. The van der Waals surface area contributed by atoms with E-state index in [0.717, 1.165) is 9.13 Å². The van der Waals surface area contributed by atoms with Gasteiger partial charge in [0.1, 0.15) is 0 Å². The number of nitrogens with one attached hydrogen (secondary N) is 1. The van der Waals surface area contributed by atoms with Gasteiger partial charge in [-0.3, -0.25) is 0 Å². The molecule has 0 saturated carbocycles. The molecule has 0 aliphatic heterocycles. The maximum absolute atomic E-state index is 14.1. The Hall–Kier alpha value is -1.01. The fourth-order valence-electron chi connectivity index (χ4n) is 2.07. The molecule has 1 N–H and O–H groups in total. The van der Waals surface area contributed by atoms with Crippen LogP contribution in [0.25, 0.3) is 0 Å². The normalized spacial score (nSPS) is 12.5. The standard InChI is InChI=1S/C15H14F2IN/c1-9-7-8-11(14(17)13(9)16)15(19-2)10-5-3-4-6-12(10)18/h3-8,15,19H,1-2H3. The van der Waals surface area contributed by atoms with E-state index in [1.165, 1.54) is 0 Å². The highest BCUT2D eigenvalue weighted by Gasteiger charge is 2.21. The molecule has 0 saturated heterocycles. The molecule has 0 spiro atoms. The number of rotatable bonds is 3. The summed E-state index contributed by atoms with van der Waals surface area (Å²) in [6, 6.07) is 10.6. The average molecular weight is 373 g/mol. The molecule has 2 rings (SSSR count). The lowest BCUT2D eigenvalue weighted by molar-refractivity contribution is 0.482. The summed E-state index contributed by atoms with van der Waals surface area (Å²) in [4.78, 5) is 0. The Morgan fingerprint density at radius 1 is 1.00 bits per heavy atom. The van der Waals surface area contributed by atoms with Crippen molar-refractivity contribution < 1.29 is 8.78 Å². The third-order valence-corrected chi connectivity index (χ3v) is 4.10. The van der Waals surface area contributed by atoms with E-state index in [-0.39, 0.29) is 6.04 Å². The second-order valence-corrected chi connectivity index (χ2v) is 5.51. The van der Waals surface area contributed by atoms with Gasteiger partial charge in [0, 0.05) is 9.13 Å². The van der Waals surface area contributed by atoms with E-state index >= 15 is 0 Å². The van der Waals surface area contributed by atoms with Gasteiger partial charge in [0.2, 0.25) is 0 Å². The lowest BCUT2D eigenvalue weighted by Crippen LogP contribution is -2.20. The van der Waals surface area contributed by atoms with Crippen molar-refractivity contribution in [2.24, 2.45) is 0 Å². The van der Waals surface area contributed by atoms with E-state index in [0.29, 0.717) is 11.1 Å². The van der Waals surface area contributed by atoms with Gasteiger partial charge in [0.15, 0.2) is 11.6 Å². The van der Waals surface area contributed by atoms with Crippen molar-refractivity contribution in [2.75, 3.05) is 7.05 Å². The zero-order valence-electron chi connectivity index (χ0n) is 10.7. The molecule has 0 radical (unpaired) electrons. The van der Waals surface area contributed by atoms with E-state index in [2.05, 4.69) is 27.9 Å². The van der Waals surface area contributed by atoms with Gasteiger partial charge in [-0.1, -0.05) is 30.3 Å². The van der Waals surface area contributed by atoms with Crippen LogP contribution in [0.3, 0.4) is 0 Å². The highest BCUT2D eigenvalue weighted by Crippen LogP contribution is 2.29. The van der Waals surface area contributed by atoms with Crippen LogP contribution >= 0.6 is 22.6 Å². The summed E-state index contributed by atoms with van der Waals surface area (Å²) < 4.78 is 28.8. The fourth-order valence-corrected chi connectivity index (χ4v) is 2.77. The molecule has 0 bridgehead atoms. The fraction of sp³-hybridized carbons (Fsp3) is 0.200. The Labute approximate surface area is 125 Å². The van der Waals surface area contributed by atoms with E-state index in [1.807, 2.05) is 24.3 Å². The molecule has 1 atom stereocenters. The molecule has 2 aromatic carbocycles. The zero-order valence-corrected chi connectivity index (χ0v) is 12.8. The quantitative estimate of drug-likeness (QED) is 0.796. The number of hydrogen-bond acceptors (Lipinski definition) is 1. The SMILES string of the molecule is CNC(c1ccccc1I)c1ccc(C)c(F)c1F. The molecule has 100 valence electrons. The monoisotopic (exact) mass is 373 g/mol. The van der Waals surface area contributed by atoms with Crippen LogP contribution in [0.4, 0.5) is 8.78 Å². The van der Waals surface area contributed by atoms with E-state index in [9.17, 15) is 8.78 Å². The third-order valence-electron chi connectivity index (χ3n) is 3.12. The number of benzene rings is 2. The van der Waals surface area contributed by atoms with Crippen molar-refractivity contribution in [3.8, 4) is 0 Å². The van der Waals surface area contributed by atoms with Crippen LogP contribution in [-0.4, -0.2) is 7.05 Å². The summed E-state index contributed by atoms with van der Waals surface area (Å²) in [6.45, 7) is 1.56. The molecule has 2 aromatic rings. The summed E-state index contributed by atoms with van der Waals surface area (Å²) >= 11 is 2.20. The lowest BCUT2D eigenvalue weighted by Gasteiger charge is -2.20. The first-order valence-electron chi connectivity index (χ1n) is 5.92. The van der Waals surface area contributed by atoms with Gasteiger partial charge in [-0.05, 0) is 53.8 Å². The minimum absolute atomic E-state index is 0.318. The summed E-state index contributed by atoms with van der Waals surface area (Å²) in [5, 5.41) is 3.05. The zero-order chi connectivity index (χ0) is 14.0. The smallest absolute Gasteiger partial charge is 0.164 e. The molecular formula is C15H14F2IN. The third kappa shape index (κ3) is 2.79. The van der Waals surface area contributed by atoms with Gasteiger partial charge in [-0.15, -0.1) is 0 Å². The summed E-state index contributed by atoms with van der Waals surface area (Å²) in [6.07, 6.45) is 0. The van der Waals surface area contributed by atoms with Crippen molar-refractivity contribution in [3.63, 3.8) is 0 Å². The van der Waals surface area contributed by atoms with E-state index < -0.39 is 11.6 Å². The molecule has 0 aliphatic rings. The Balaban J connectivity index is 2.55. The molecule has 0 aromatic heterocycles. The van der Waals surface area contributed by atoms with E-state index in [4.69, 9.17) is 0 Å². The first-order valence-corrected chi connectivity index (χ1v) is 7.00. The summed E-state index contributed by atoms with van der Waals surface area (Å²) in [5.74, 6) is -1.55. The highest BCUT2D eigenvalue weighted by molar-refractivity contribution is 14.1. The van der Waals surface area contributed by atoms with Gasteiger partial charge in [-0.2, -0.15) is 0 Å². The van der Waals surface area contributed by atoms with Crippen LogP contribution in [-0.2, 0) is 0 Å². The first kappa shape index (κ1) is 14.4. The summed E-state index contributed by atoms with van der Waals surface area (Å²) in [7, 11) is 1.74. The van der Waals surface area contributed by atoms with Gasteiger partial charge in [0.05, 0.1) is 6.04 Å². The largest absolute Gasteiger partial charge is 0.309 e. The van der Waals surface area contributed by atoms with Crippen LogP contribution in [0.5, 0.6) is 0 Å². The Morgan fingerprint density at radius 2 is 1.68 bits per heavy atom.